The molecule has 1 saturated heterocycles. The quantitative estimate of drug-likeness (QED) is 0.816. The first-order chi connectivity index (χ1) is 8.63. The van der Waals surface area contributed by atoms with Crippen molar-refractivity contribution in [1.82, 2.24) is 5.32 Å². The van der Waals surface area contributed by atoms with E-state index >= 15 is 0 Å². The van der Waals surface area contributed by atoms with Gasteiger partial charge >= 0.3 is 5.97 Å². The first kappa shape index (κ1) is 13.0. The second-order valence-corrected chi connectivity index (χ2v) is 5.13. The van der Waals surface area contributed by atoms with E-state index in [9.17, 15) is 9.59 Å². The molecule has 0 saturated carbocycles. The van der Waals surface area contributed by atoms with E-state index in [4.69, 9.17) is 4.74 Å². The summed E-state index contributed by atoms with van der Waals surface area (Å²) in [7, 11) is 1.33. The molecular weight excluding hydrogens is 252 g/mol. The Balaban J connectivity index is 2.15. The molecule has 1 aliphatic heterocycles. The average Bonchev–Trinajstić information content (AvgIpc) is 2.99. The van der Waals surface area contributed by atoms with Gasteiger partial charge in [-0.1, -0.05) is 0 Å². The number of ether oxygens (including phenoxy) is 1. The van der Waals surface area contributed by atoms with E-state index in [0.29, 0.717) is 10.6 Å². The predicted octanol–water partition coefficient (Wildman–Crippen LogP) is 1.53. The van der Waals surface area contributed by atoms with E-state index in [2.05, 4.69) is 10.6 Å². The number of carbonyl (C=O) groups excluding carboxylic acids is 2. The van der Waals surface area contributed by atoms with E-state index in [1.165, 1.54) is 18.4 Å². The van der Waals surface area contributed by atoms with Crippen LogP contribution in [0.25, 0.3) is 0 Å². The SMILES string of the molecule is COC(=O)c1scc(C)c1NC(=O)C1CCCN1. The van der Waals surface area contributed by atoms with E-state index in [0.717, 1.165) is 24.9 Å². The number of thiophene rings is 1. The molecule has 1 amide bonds. The molecule has 2 rings (SSSR count). The molecule has 1 aromatic rings. The van der Waals surface area contributed by atoms with Crippen LogP contribution in [0.15, 0.2) is 5.38 Å². The Bertz CT molecular complexity index is 464. The van der Waals surface area contributed by atoms with Crippen LogP contribution in [0.5, 0.6) is 0 Å². The number of methoxy groups -OCH3 is 1. The Morgan fingerprint density at radius 1 is 1.56 bits per heavy atom. The van der Waals surface area contributed by atoms with Crippen molar-refractivity contribution in [1.29, 1.82) is 0 Å². The summed E-state index contributed by atoms with van der Waals surface area (Å²) in [4.78, 5) is 24.0. The van der Waals surface area contributed by atoms with Gasteiger partial charge in [0.05, 0.1) is 18.8 Å². The summed E-state index contributed by atoms with van der Waals surface area (Å²) in [6.45, 7) is 2.73. The minimum Gasteiger partial charge on any atom is -0.465 e. The Kier molecular flexibility index (Phi) is 3.98. The van der Waals surface area contributed by atoms with Gasteiger partial charge in [0.15, 0.2) is 0 Å². The van der Waals surface area contributed by atoms with E-state index in [1.54, 1.807) is 0 Å². The van der Waals surface area contributed by atoms with Crippen molar-refractivity contribution >= 4 is 28.9 Å². The third-order valence-corrected chi connectivity index (χ3v) is 4.05. The van der Waals surface area contributed by atoms with Gasteiger partial charge in [-0.05, 0) is 37.3 Å². The van der Waals surface area contributed by atoms with Crippen molar-refractivity contribution in [3.05, 3.63) is 15.8 Å². The lowest BCUT2D eigenvalue weighted by atomic mass is 10.2. The van der Waals surface area contributed by atoms with Gasteiger partial charge in [0, 0.05) is 0 Å². The fourth-order valence-corrected chi connectivity index (χ4v) is 2.88. The maximum absolute atomic E-state index is 12.0. The number of rotatable bonds is 3. The zero-order valence-electron chi connectivity index (χ0n) is 10.4. The number of esters is 1. The fraction of sp³-hybridized carbons (Fsp3) is 0.500. The number of amides is 1. The first-order valence-electron chi connectivity index (χ1n) is 5.84. The van der Waals surface area contributed by atoms with Crippen molar-refractivity contribution in [2.45, 2.75) is 25.8 Å². The maximum Gasteiger partial charge on any atom is 0.350 e. The highest BCUT2D eigenvalue weighted by Crippen LogP contribution is 2.28. The molecule has 1 aliphatic rings. The van der Waals surface area contributed by atoms with E-state index < -0.39 is 5.97 Å². The minimum absolute atomic E-state index is 0.0841. The molecule has 0 bridgehead atoms. The summed E-state index contributed by atoms with van der Waals surface area (Å²) in [5.74, 6) is -0.498. The molecule has 0 spiro atoms. The molecule has 2 N–H and O–H groups in total. The molecule has 0 radical (unpaired) electrons. The number of nitrogens with one attached hydrogen (secondary N) is 2. The Hall–Kier alpha value is -1.40. The van der Waals surface area contributed by atoms with Crippen molar-refractivity contribution in [3.8, 4) is 0 Å². The zero-order chi connectivity index (χ0) is 13.1. The summed E-state index contributed by atoms with van der Waals surface area (Å²) < 4.78 is 4.70. The van der Waals surface area contributed by atoms with E-state index in [1.807, 2.05) is 12.3 Å². The van der Waals surface area contributed by atoms with Crippen molar-refractivity contribution in [3.63, 3.8) is 0 Å². The van der Waals surface area contributed by atoms with Crippen LogP contribution in [0, 0.1) is 6.92 Å². The Labute approximate surface area is 110 Å². The van der Waals surface area contributed by atoms with Crippen LogP contribution in [-0.4, -0.2) is 31.6 Å². The molecular formula is C12H16N2O3S. The second kappa shape index (κ2) is 5.49. The number of hydrogen-bond acceptors (Lipinski definition) is 5. The van der Waals surface area contributed by atoms with Crippen LogP contribution >= 0.6 is 11.3 Å². The van der Waals surface area contributed by atoms with Crippen LogP contribution in [0.2, 0.25) is 0 Å². The third-order valence-electron chi connectivity index (χ3n) is 2.97. The summed E-state index contributed by atoms with van der Waals surface area (Å²) in [5.41, 5.74) is 1.46. The molecule has 1 aromatic heterocycles. The van der Waals surface area contributed by atoms with Gasteiger partial charge in [0.25, 0.3) is 0 Å². The fourth-order valence-electron chi connectivity index (χ4n) is 1.96. The van der Waals surface area contributed by atoms with Crippen LogP contribution in [0.3, 0.4) is 0 Å². The largest absolute Gasteiger partial charge is 0.465 e. The van der Waals surface area contributed by atoms with Gasteiger partial charge in [-0.25, -0.2) is 4.79 Å². The molecule has 6 heteroatoms. The smallest absolute Gasteiger partial charge is 0.350 e. The molecule has 2 heterocycles. The van der Waals surface area contributed by atoms with Crippen LogP contribution < -0.4 is 10.6 Å². The predicted molar refractivity (Wildman–Crippen MR) is 70.0 cm³/mol. The van der Waals surface area contributed by atoms with Gasteiger partial charge in [-0.2, -0.15) is 0 Å². The maximum atomic E-state index is 12.0. The number of carbonyl (C=O) groups is 2. The molecule has 1 fully saturated rings. The summed E-state index contributed by atoms with van der Waals surface area (Å²) in [6.07, 6.45) is 1.84. The monoisotopic (exact) mass is 268 g/mol. The third kappa shape index (κ3) is 2.54. The second-order valence-electron chi connectivity index (χ2n) is 4.25. The van der Waals surface area contributed by atoms with Gasteiger partial charge in [-0.3, -0.25) is 4.79 Å². The number of hydrogen-bond donors (Lipinski definition) is 2. The van der Waals surface area contributed by atoms with Crippen molar-refractivity contribution in [2.24, 2.45) is 0 Å². The lowest BCUT2D eigenvalue weighted by Gasteiger charge is -2.12. The molecule has 1 unspecified atom stereocenters. The average molecular weight is 268 g/mol. The summed E-state index contributed by atoms with van der Waals surface area (Å²) >= 11 is 1.28. The molecule has 0 aromatic carbocycles. The summed E-state index contributed by atoms with van der Waals surface area (Å²) in [5, 5.41) is 7.79. The first-order valence-corrected chi connectivity index (χ1v) is 6.72. The van der Waals surface area contributed by atoms with Crippen molar-refractivity contribution in [2.75, 3.05) is 19.0 Å². The van der Waals surface area contributed by atoms with Crippen LogP contribution in [0.1, 0.15) is 28.1 Å². The highest BCUT2D eigenvalue weighted by Gasteiger charge is 2.25. The number of anilines is 1. The lowest BCUT2D eigenvalue weighted by Crippen LogP contribution is -2.35. The lowest BCUT2D eigenvalue weighted by molar-refractivity contribution is -0.117. The van der Waals surface area contributed by atoms with Crippen molar-refractivity contribution < 1.29 is 14.3 Å². The molecule has 0 aliphatic carbocycles. The zero-order valence-corrected chi connectivity index (χ0v) is 11.2. The highest BCUT2D eigenvalue weighted by atomic mass is 32.1. The topological polar surface area (TPSA) is 67.4 Å². The number of aryl methyl sites for hydroxylation is 1. The van der Waals surface area contributed by atoms with Gasteiger partial charge in [0.1, 0.15) is 4.88 Å². The van der Waals surface area contributed by atoms with Gasteiger partial charge < -0.3 is 15.4 Å². The van der Waals surface area contributed by atoms with Crippen LogP contribution in [-0.2, 0) is 9.53 Å². The van der Waals surface area contributed by atoms with Crippen LogP contribution in [0.4, 0.5) is 5.69 Å². The molecule has 1 atom stereocenters. The Morgan fingerprint density at radius 2 is 2.33 bits per heavy atom. The molecule has 98 valence electrons. The van der Waals surface area contributed by atoms with Gasteiger partial charge in [-0.15, -0.1) is 11.3 Å². The standard InChI is InChI=1S/C12H16N2O3S/c1-7-6-18-10(12(16)17-2)9(7)14-11(15)8-4-3-5-13-8/h6,8,13H,3-5H2,1-2H3,(H,14,15). The molecule has 18 heavy (non-hydrogen) atoms. The molecule has 5 nitrogen and oxygen atoms in total. The minimum atomic E-state index is -0.414. The summed E-state index contributed by atoms with van der Waals surface area (Å²) in [6, 6.07) is -0.158. The highest BCUT2D eigenvalue weighted by molar-refractivity contribution is 7.12. The van der Waals surface area contributed by atoms with E-state index in [-0.39, 0.29) is 11.9 Å². The Morgan fingerprint density at radius 3 is 2.94 bits per heavy atom. The van der Waals surface area contributed by atoms with Gasteiger partial charge in [0.2, 0.25) is 5.91 Å². The normalized spacial score (nSPS) is 18.7.